The van der Waals surface area contributed by atoms with Crippen molar-refractivity contribution >= 4 is 0 Å². The first-order valence-electron chi connectivity index (χ1n) is 8.12. The van der Waals surface area contributed by atoms with Gasteiger partial charge in [-0.2, -0.15) is 5.10 Å². The van der Waals surface area contributed by atoms with Crippen LogP contribution in [0.4, 0.5) is 0 Å². The number of hydrogen-bond donors (Lipinski definition) is 1. The fourth-order valence-electron chi connectivity index (χ4n) is 4.06. The Balaban J connectivity index is 1.68. The highest BCUT2D eigenvalue weighted by atomic mass is 15.3. The number of piperidine rings is 1. The number of aromatic nitrogens is 2. The Labute approximate surface area is 122 Å². The van der Waals surface area contributed by atoms with E-state index in [0.29, 0.717) is 6.04 Å². The molecule has 0 radical (unpaired) electrons. The monoisotopic (exact) mass is 276 g/mol. The van der Waals surface area contributed by atoms with Crippen LogP contribution in [0.2, 0.25) is 0 Å². The van der Waals surface area contributed by atoms with Gasteiger partial charge < -0.3 is 5.32 Å². The average molecular weight is 276 g/mol. The standard InChI is InChI=1S/C16H28N4/c1-12-15(11-19(3)18-12)13(2)20-9-5-6-14(10-20)16-7-4-8-17-16/h11,13-14,16-17H,4-10H2,1-3H3. The maximum absolute atomic E-state index is 4.50. The molecule has 2 saturated heterocycles. The second kappa shape index (κ2) is 5.86. The molecule has 3 atom stereocenters. The summed E-state index contributed by atoms with van der Waals surface area (Å²) in [6.45, 7) is 8.17. The molecule has 0 aromatic carbocycles. The predicted octanol–water partition coefficient (Wildman–Crippen LogP) is 2.25. The lowest BCUT2D eigenvalue weighted by Gasteiger charge is -2.39. The van der Waals surface area contributed by atoms with E-state index in [-0.39, 0.29) is 0 Å². The number of nitrogens with one attached hydrogen (secondary N) is 1. The van der Waals surface area contributed by atoms with E-state index >= 15 is 0 Å². The van der Waals surface area contributed by atoms with Gasteiger partial charge in [-0.05, 0) is 58.5 Å². The summed E-state index contributed by atoms with van der Waals surface area (Å²) in [5, 5.41) is 8.20. The van der Waals surface area contributed by atoms with E-state index in [2.05, 4.69) is 35.4 Å². The fourth-order valence-corrected chi connectivity index (χ4v) is 4.06. The molecule has 0 saturated carbocycles. The Bertz CT molecular complexity index is 447. The Morgan fingerprint density at radius 3 is 2.85 bits per heavy atom. The first kappa shape index (κ1) is 14.1. The highest BCUT2D eigenvalue weighted by Gasteiger charge is 2.31. The van der Waals surface area contributed by atoms with Gasteiger partial charge in [0.25, 0.3) is 0 Å². The topological polar surface area (TPSA) is 33.1 Å². The van der Waals surface area contributed by atoms with Crippen LogP contribution in [0.5, 0.6) is 0 Å². The van der Waals surface area contributed by atoms with E-state index in [1.165, 1.54) is 56.6 Å². The molecule has 0 bridgehead atoms. The van der Waals surface area contributed by atoms with Crippen LogP contribution in [0.25, 0.3) is 0 Å². The summed E-state index contributed by atoms with van der Waals surface area (Å²) in [4.78, 5) is 2.66. The zero-order chi connectivity index (χ0) is 14.1. The second-order valence-electron chi connectivity index (χ2n) is 6.62. The molecule has 20 heavy (non-hydrogen) atoms. The second-order valence-corrected chi connectivity index (χ2v) is 6.62. The quantitative estimate of drug-likeness (QED) is 0.919. The average Bonchev–Trinajstić information content (AvgIpc) is 3.08. The fraction of sp³-hybridized carbons (Fsp3) is 0.812. The van der Waals surface area contributed by atoms with Gasteiger partial charge in [-0.3, -0.25) is 9.58 Å². The molecule has 1 aromatic heterocycles. The van der Waals surface area contributed by atoms with Gasteiger partial charge in [-0.15, -0.1) is 0 Å². The summed E-state index contributed by atoms with van der Waals surface area (Å²) < 4.78 is 1.95. The predicted molar refractivity (Wildman–Crippen MR) is 81.7 cm³/mol. The summed E-state index contributed by atoms with van der Waals surface area (Å²) >= 11 is 0. The van der Waals surface area contributed by atoms with Gasteiger partial charge >= 0.3 is 0 Å². The van der Waals surface area contributed by atoms with Crippen LogP contribution in [0.15, 0.2) is 6.20 Å². The lowest BCUT2D eigenvalue weighted by Crippen LogP contribution is -2.44. The van der Waals surface area contributed by atoms with Gasteiger partial charge in [0, 0.05) is 37.4 Å². The van der Waals surface area contributed by atoms with Crippen LogP contribution < -0.4 is 5.32 Å². The van der Waals surface area contributed by atoms with Crippen molar-refractivity contribution in [2.45, 2.75) is 51.6 Å². The van der Waals surface area contributed by atoms with Crippen molar-refractivity contribution in [1.82, 2.24) is 20.0 Å². The van der Waals surface area contributed by atoms with Gasteiger partial charge in [-0.25, -0.2) is 0 Å². The zero-order valence-corrected chi connectivity index (χ0v) is 13.1. The van der Waals surface area contributed by atoms with Crippen LogP contribution in [0.3, 0.4) is 0 Å². The lowest BCUT2D eigenvalue weighted by atomic mass is 9.88. The van der Waals surface area contributed by atoms with Crippen LogP contribution in [-0.4, -0.2) is 40.4 Å². The first-order valence-corrected chi connectivity index (χ1v) is 8.12. The van der Waals surface area contributed by atoms with Crippen LogP contribution >= 0.6 is 0 Å². The number of aryl methyl sites for hydroxylation is 2. The minimum Gasteiger partial charge on any atom is -0.314 e. The third kappa shape index (κ3) is 2.77. The van der Waals surface area contributed by atoms with Crippen molar-refractivity contribution in [2.75, 3.05) is 19.6 Å². The van der Waals surface area contributed by atoms with Crippen LogP contribution in [0.1, 0.15) is 49.9 Å². The molecule has 3 unspecified atom stereocenters. The molecule has 2 aliphatic rings. The molecule has 4 heteroatoms. The molecule has 0 amide bonds. The smallest absolute Gasteiger partial charge is 0.0641 e. The molecule has 0 spiro atoms. The Hall–Kier alpha value is -0.870. The van der Waals surface area contributed by atoms with Crippen LogP contribution in [-0.2, 0) is 7.05 Å². The SMILES string of the molecule is Cc1nn(C)cc1C(C)N1CCCC(C2CCCN2)C1. The highest BCUT2D eigenvalue weighted by molar-refractivity contribution is 5.19. The van der Waals surface area contributed by atoms with Gasteiger partial charge in [0.2, 0.25) is 0 Å². The van der Waals surface area contributed by atoms with E-state index < -0.39 is 0 Å². The molecule has 1 aromatic rings. The van der Waals surface area contributed by atoms with Gasteiger partial charge in [0.1, 0.15) is 0 Å². The first-order chi connectivity index (χ1) is 9.65. The highest BCUT2D eigenvalue weighted by Crippen LogP contribution is 2.31. The molecule has 2 aliphatic heterocycles. The Morgan fingerprint density at radius 2 is 2.20 bits per heavy atom. The van der Waals surface area contributed by atoms with Crippen molar-refractivity contribution in [1.29, 1.82) is 0 Å². The van der Waals surface area contributed by atoms with Crippen molar-refractivity contribution in [2.24, 2.45) is 13.0 Å². The molecule has 3 rings (SSSR count). The summed E-state index contributed by atoms with van der Waals surface area (Å²) in [7, 11) is 2.02. The van der Waals surface area contributed by atoms with E-state index in [9.17, 15) is 0 Å². The van der Waals surface area contributed by atoms with Gasteiger partial charge in [0.15, 0.2) is 0 Å². The van der Waals surface area contributed by atoms with Gasteiger partial charge in [0.05, 0.1) is 5.69 Å². The number of likely N-dealkylation sites (tertiary alicyclic amines) is 1. The molecule has 4 nitrogen and oxygen atoms in total. The molecule has 2 fully saturated rings. The maximum atomic E-state index is 4.50. The largest absolute Gasteiger partial charge is 0.314 e. The third-order valence-corrected chi connectivity index (χ3v) is 5.21. The normalized spacial score (nSPS) is 29.8. The molecule has 0 aliphatic carbocycles. The number of hydrogen-bond acceptors (Lipinski definition) is 3. The minimum absolute atomic E-state index is 0.493. The van der Waals surface area contributed by atoms with E-state index in [0.717, 1.165) is 12.0 Å². The van der Waals surface area contributed by atoms with E-state index in [1.54, 1.807) is 0 Å². The van der Waals surface area contributed by atoms with Crippen molar-refractivity contribution in [3.63, 3.8) is 0 Å². The maximum Gasteiger partial charge on any atom is 0.0641 e. The van der Waals surface area contributed by atoms with Crippen molar-refractivity contribution < 1.29 is 0 Å². The van der Waals surface area contributed by atoms with Gasteiger partial charge in [-0.1, -0.05) is 0 Å². The number of nitrogens with zero attached hydrogens (tertiary/aromatic N) is 3. The molecule has 112 valence electrons. The molecule has 3 heterocycles. The number of rotatable bonds is 3. The molecular formula is C16H28N4. The van der Waals surface area contributed by atoms with Crippen molar-refractivity contribution in [3.8, 4) is 0 Å². The third-order valence-electron chi connectivity index (χ3n) is 5.21. The van der Waals surface area contributed by atoms with Crippen LogP contribution in [0, 0.1) is 12.8 Å². The summed E-state index contributed by atoms with van der Waals surface area (Å²) in [6.07, 6.45) is 7.66. The lowest BCUT2D eigenvalue weighted by molar-refractivity contribution is 0.114. The molecule has 1 N–H and O–H groups in total. The summed E-state index contributed by atoms with van der Waals surface area (Å²) in [5.74, 6) is 0.839. The van der Waals surface area contributed by atoms with Crippen molar-refractivity contribution in [3.05, 3.63) is 17.5 Å². The Kier molecular flexibility index (Phi) is 4.13. The Morgan fingerprint density at radius 1 is 1.35 bits per heavy atom. The summed E-state index contributed by atoms with van der Waals surface area (Å²) in [6, 6.07) is 1.26. The minimum atomic E-state index is 0.493. The zero-order valence-electron chi connectivity index (χ0n) is 13.1. The molecular weight excluding hydrogens is 248 g/mol. The van der Waals surface area contributed by atoms with E-state index in [4.69, 9.17) is 0 Å². The summed E-state index contributed by atoms with van der Waals surface area (Å²) in [5.41, 5.74) is 2.58. The van der Waals surface area contributed by atoms with E-state index in [1.807, 2.05) is 11.7 Å².